The second kappa shape index (κ2) is 7.52. The minimum atomic E-state index is -2.90. The third kappa shape index (κ3) is 5.40. The molecule has 0 aliphatic rings. The number of hydrogen-bond donors (Lipinski definition) is 3. The Bertz CT molecular complexity index is 425. The number of rotatable bonds is 8. The summed E-state index contributed by atoms with van der Waals surface area (Å²) >= 11 is 0. The second-order valence-electron chi connectivity index (χ2n) is 5.19. The molecule has 20 heavy (non-hydrogen) atoms. The van der Waals surface area contributed by atoms with Crippen LogP contribution in [0.3, 0.4) is 0 Å². The molecule has 0 fully saturated rings. The minimum Gasteiger partial charge on any atom is -0.435 e. The van der Waals surface area contributed by atoms with E-state index in [0.717, 1.165) is 5.56 Å². The summed E-state index contributed by atoms with van der Waals surface area (Å²) in [5.41, 5.74) is 0.856. The Labute approximate surface area is 117 Å². The van der Waals surface area contributed by atoms with Gasteiger partial charge in [-0.15, -0.1) is 0 Å². The van der Waals surface area contributed by atoms with Crippen LogP contribution in [-0.2, 0) is 13.0 Å². The van der Waals surface area contributed by atoms with Gasteiger partial charge in [0.05, 0.1) is 6.61 Å². The van der Waals surface area contributed by atoms with Crippen LogP contribution in [0.1, 0.15) is 25.0 Å². The molecular formula is C14H21F2NO3. The van der Waals surface area contributed by atoms with E-state index in [1.54, 1.807) is 12.1 Å². The van der Waals surface area contributed by atoms with Crippen molar-refractivity contribution in [3.8, 4) is 5.75 Å². The molecule has 0 radical (unpaired) electrons. The summed E-state index contributed by atoms with van der Waals surface area (Å²) < 4.78 is 29.2. The highest BCUT2D eigenvalue weighted by molar-refractivity contribution is 5.38. The summed E-state index contributed by atoms with van der Waals surface area (Å²) in [5, 5.41) is 21.2. The van der Waals surface area contributed by atoms with Gasteiger partial charge in [-0.3, -0.25) is 0 Å². The fraction of sp³-hybridized carbons (Fsp3) is 0.571. The van der Waals surface area contributed by atoms with Crippen LogP contribution in [0.5, 0.6) is 5.75 Å². The van der Waals surface area contributed by atoms with Crippen molar-refractivity contribution < 1.29 is 23.7 Å². The van der Waals surface area contributed by atoms with Gasteiger partial charge in [0.15, 0.2) is 0 Å². The molecule has 6 heteroatoms. The second-order valence-corrected chi connectivity index (χ2v) is 5.19. The molecule has 1 rings (SSSR count). The molecule has 1 aromatic rings. The molecule has 0 bridgehead atoms. The van der Waals surface area contributed by atoms with E-state index < -0.39 is 12.2 Å². The van der Waals surface area contributed by atoms with Crippen LogP contribution in [0.15, 0.2) is 18.2 Å². The lowest BCUT2D eigenvalue weighted by Gasteiger charge is -2.24. The van der Waals surface area contributed by atoms with Crippen molar-refractivity contribution in [3.63, 3.8) is 0 Å². The summed E-state index contributed by atoms with van der Waals surface area (Å²) in [6, 6.07) is 4.97. The number of halogens is 2. The standard InChI is InChI=1S/C14H21F2NO3/c1-14(2,9-19)17-8-10-3-4-11(5-6-18)12(7-10)20-13(15)16/h3-4,7,13,17-19H,5-6,8-9H2,1-2H3. The number of aliphatic hydroxyl groups excluding tert-OH is 2. The molecule has 4 nitrogen and oxygen atoms in total. The van der Waals surface area contributed by atoms with E-state index in [2.05, 4.69) is 10.1 Å². The van der Waals surface area contributed by atoms with Crippen molar-refractivity contribution in [2.24, 2.45) is 0 Å². The first kappa shape index (κ1) is 16.8. The van der Waals surface area contributed by atoms with Crippen molar-refractivity contribution in [1.29, 1.82) is 0 Å². The van der Waals surface area contributed by atoms with Crippen LogP contribution in [0, 0.1) is 0 Å². The predicted octanol–water partition coefficient (Wildman–Crippen LogP) is 1.68. The monoisotopic (exact) mass is 289 g/mol. The minimum absolute atomic E-state index is 0.0318. The number of benzene rings is 1. The quantitative estimate of drug-likeness (QED) is 0.681. The molecule has 0 saturated carbocycles. The largest absolute Gasteiger partial charge is 0.435 e. The fourth-order valence-corrected chi connectivity index (χ4v) is 1.64. The Kier molecular flexibility index (Phi) is 6.32. The molecule has 0 amide bonds. The smallest absolute Gasteiger partial charge is 0.387 e. The maximum atomic E-state index is 12.4. The van der Waals surface area contributed by atoms with Crippen LogP contribution in [0.4, 0.5) is 8.78 Å². The normalized spacial score (nSPS) is 11.9. The molecule has 0 aliphatic heterocycles. The van der Waals surface area contributed by atoms with Crippen LogP contribution in [-0.4, -0.2) is 35.6 Å². The van der Waals surface area contributed by atoms with Gasteiger partial charge >= 0.3 is 6.61 Å². The van der Waals surface area contributed by atoms with Crippen molar-refractivity contribution in [2.75, 3.05) is 13.2 Å². The maximum absolute atomic E-state index is 12.4. The lowest BCUT2D eigenvalue weighted by molar-refractivity contribution is -0.0505. The van der Waals surface area contributed by atoms with Crippen LogP contribution >= 0.6 is 0 Å². The molecule has 0 heterocycles. The number of ether oxygens (including phenoxy) is 1. The van der Waals surface area contributed by atoms with Gasteiger partial charge in [0.1, 0.15) is 5.75 Å². The molecule has 0 atom stereocenters. The van der Waals surface area contributed by atoms with E-state index in [1.165, 1.54) is 6.07 Å². The van der Waals surface area contributed by atoms with Gasteiger partial charge in [0.25, 0.3) is 0 Å². The predicted molar refractivity (Wildman–Crippen MR) is 71.9 cm³/mol. The summed E-state index contributed by atoms with van der Waals surface area (Å²) in [7, 11) is 0. The topological polar surface area (TPSA) is 61.7 Å². The highest BCUT2D eigenvalue weighted by Crippen LogP contribution is 2.23. The zero-order chi connectivity index (χ0) is 15.2. The molecule has 0 saturated heterocycles. The summed E-state index contributed by atoms with van der Waals surface area (Å²) in [6.07, 6.45) is 0.262. The Balaban J connectivity index is 2.83. The van der Waals surface area contributed by atoms with E-state index in [9.17, 15) is 8.78 Å². The van der Waals surface area contributed by atoms with E-state index in [-0.39, 0.29) is 25.4 Å². The number of aliphatic hydroxyl groups is 2. The maximum Gasteiger partial charge on any atom is 0.387 e. The molecule has 3 N–H and O–H groups in total. The SMILES string of the molecule is CC(C)(CO)NCc1ccc(CCO)c(OC(F)F)c1. The van der Waals surface area contributed by atoms with Gasteiger partial charge in [-0.05, 0) is 37.5 Å². The van der Waals surface area contributed by atoms with Crippen molar-refractivity contribution >= 4 is 0 Å². The van der Waals surface area contributed by atoms with E-state index >= 15 is 0 Å². The summed E-state index contributed by atoms with van der Waals surface area (Å²) in [4.78, 5) is 0. The average Bonchev–Trinajstić information content (AvgIpc) is 2.39. The van der Waals surface area contributed by atoms with Gasteiger partial charge in [0, 0.05) is 18.7 Å². The lowest BCUT2D eigenvalue weighted by atomic mass is 10.0. The summed E-state index contributed by atoms with van der Waals surface area (Å²) in [6.45, 7) is 1.04. The van der Waals surface area contributed by atoms with Gasteiger partial charge in [-0.2, -0.15) is 8.78 Å². The molecule has 0 unspecified atom stereocenters. The molecule has 0 aromatic heterocycles. The van der Waals surface area contributed by atoms with E-state index in [1.807, 2.05) is 13.8 Å². The van der Waals surface area contributed by atoms with Crippen molar-refractivity contribution in [1.82, 2.24) is 5.32 Å². The third-order valence-electron chi connectivity index (χ3n) is 2.90. The van der Waals surface area contributed by atoms with Crippen molar-refractivity contribution in [2.45, 2.75) is 39.0 Å². The molecular weight excluding hydrogens is 268 g/mol. The Morgan fingerprint density at radius 2 is 2.00 bits per heavy atom. The molecule has 0 spiro atoms. The highest BCUT2D eigenvalue weighted by atomic mass is 19.3. The number of alkyl halides is 2. The molecule has 114 valence electrons. The van der Waals surface area contributed by atoms with Gasteiger partial charge in [-0.25, -0.2) is 0 Å². The number of hydrogen-bond acceptors (Lipinski definition) is 4. The Hall–Kier alpha value is -1.24. The molecule has 0 aliphatic carbocycles. The summed E-state index contributed by atoms with van der Waals surface area (Å²) in [5.74, 6) is 0.0788. The highest BCUT2D eigenvalue weighted by Gasteiger charge is 2.16. The van der Waals surface area contributed by atoms with Gasteiger partial charge in [0.2, 0.25) is 0 Å². The average molecular weight is 289 g/mol. The Morgan fingerprint density at radius 3 is 2.55 bits per heavy atom. The zero-order valence-electron chi connectivity index (χ0n) is 11.7. The molecule has 1 aromatic carbocycles. The van der Waals surface area contributed by atoms with E-state index in [0.29, 0.717) is 12.1 Å². The van der Waals surface area contributed by atoms with Gasteiger partial charge < -0.3 is 20.3 Å². The van der Waals surface area contributed by atoms with Crippen LogP contribution in [0.2, 0.25) is 0 Å². The zero-order valence-corrected chi connectivity index (χ0v) is 11.7. The first-order valence-electron chi connectivity index (χ1n) is 6.41. The number of nitrogens with one attached hydrogen (secondary N) is 1. The fourth-order valence-electron chi connectivity index (χ4n) is 1.64. The van der Waals surface area contributed by atoms with E-state index in [4.69, 9.17) is 10.2 Å². The van der Waals surface area contributed by atoms with Crippen LogP contribution < -0.4 is 10.1 Å². The van der Waals surface area contributed by atoms with Crippen LogP contribution in [0.25, 0.3) is 0 Å². The first-order chi connectivity index (χ1) is 9.38. The first-order valence-corrected chi connectivity index (χ1v) is 6.41. The van der Waals surface area contributed by atoms with Gasteiger partial charge in [-0.1, -0.05) is 12.1 Å². The lowest BCUT2D eigenvalue weighted by Crippen LogP contribution is -2.42. The van der Waals surface area contributed by atoms with Crippen molar-refractivity contribution in [3.05, 3.63) is 29.3 Å². The third-order valence-corrected chi connectivity index (χ3v) is 2.90. The Morgan fingerprint density at radius 1 is 1.30 bits per heavy atom.